The molecule has 1 aliphatic rings. The summed E-state index contributed by atoms with van der Waals surface area (Å²) in [5.74, 6) is 1.32. The lowest BCUT2D eigenvalue weighted by molar-refractivity contribution is 0.220. The fourth-order valence-corrected chi connectivity index (χ4v) is 3.39. The fourth-order valence-electron chi connectivity index (χ4n) is 2.53. The lowest BCUT2D eigenvalue weighted by Gasteiger charge is -2.18. The second-order valence-corrected chi connectivity index (χ2v) is 7.41. The number of halogens is 1. The highest BCUT2D eigenvalue weighted by atomic mass is 79.9. The van der Waals surface area contributed by atoms with Crippen LogP contribution in [-0.2, 0) is 0 Å². The third-order valence-corrected chi connectivity index (χ3v) is 4.83. The molecule has 25 heavy (non-hydrogen) atoms. The molecule has 1 atom stereocenters. The molecule has 0 saturated heterocycles. The van der Waals surface area contributed by atoms with E-state index in [1.54, 1.807) is 6.20 Å². The van der Waals surface area contributed by atoms with Gasteiger partial charge in [0, 0.05) is 21.9 Å². The molecular formula is C17H14BrN5OS. The van der Waals surface area contributed by atoms with Gasteiger partial charge >= 0.3 is 0 Å². The Morgan fingerprint density at radius 3 is 2.96 bits per heavy atom. The van der Waals surface area contributed by atoms with Crippen molar-refractivity contribution in [3.8, 4) is 17.1 Å². The molecule has 0 amide bonds. The van der Waals surface area contributed by atoms with Gasteiger partial charge in [-0.1, -0.05) is 40.7 Å². The Kier molecular flexibility index (Phi) is 4.54. The van der Waals surface area contributed by atoms with E-state index in [9.17, 15) is 0 Å². The van der Waals surface area contributed by atoms with E-state index in [0.717, 1.165) is 27.2 Å². The molecule has 6 nitrogen and oxygen atoms in total. The SMILES string of the molecule is CCSc1nnc2c(n1)O[C@@H](c1ccccn1)Nc1ccc(Br)cc1-2. The van der Waals surface area contributed by atoms with E-state index in [-0.39, 0.29) is 0 Å². The van der Waals surface area contributed by atoms with Gasteiger partial charge in [0.2, 0.25) is 17.3 Å². The Labute approximate surface area is 157 Å². The predicted molar refractivity (Wildman–Crippen MR) is 101 cm³/mol. The number of hydrogen-bond donors (Lipinski definition) is 1. The van der Waals surface area contributed by atoms with Crippen molar-refractivity contribution in [2.24, 2.45) is 0 Å². The molecule has 0 saturated carbocycles. The fraction of sp³-hybridized carbons (Fsp3) is 0.176. The summed E-state index contributed by atoms with van der Waals surface area (Å²) in [7, 11) is 0. The summed E-state index contributed by atoms with van der Waals surface area (Å²) in [6.45, 7) is 2.05. The zero-order valence-corrected chi connectivity index (χ0v) is 15.7. The molecule has 1 aromatic carbocycles. The van der Waals surface area contributed by atoms with Crippen LogP contribution in [0.5, 0.6) is 5.88 Å². The highest BCUT2D eigenvalue weighted by Crippen LogP contribution is 2.40. The van der Waals surface area contributed by atoms with Gasteiger partial charge in [-0.25, -0.2) is 0 Å². The molecule has 0 bridgehead atoms. The topological polar surface area (TPSA) is 72.8 Å². The number of hydrogen-bond acceptors (Lipinski definition) is 7. The molecule has 0 radical (unpaired) electrons. The number of rotatable bonds is 3. The van der Waals surface area contributed by atoms with Gasteiger partial charge in [0.1, 0.15) is 5.69 Å². The van der Waals surface area contributed by atoms with Crippen LogP contribution in [0.2, 0.25) is 0 Å². The van der Waals surface area contributed by atoms with Crippen LogP contribution in [0.4, 0.5) is 5.69 Å². The number of nitrogens with zero attached hydrogens (tertiary/aromatic N) is 4. The molecule has 0 unspecified atom stereocenters. The average Bonchev–Trinajstić information content (AvgIpc) is 2.79. The number of thioether (sulfide) groups is 1. The first-order valence-corrected chi connectivity index (χ1v) is 9.54. The van der Waals surface area contributed by atoms with Crippen molar-refractivity contribution in [3.05, 3.63) is 52.8 Å². The van der Waals surface area contributed by atoms with Crippen molar-refractivity contribution in [3.63, 3.8) is 0 Å². The highest BCUT2D eigenvalue weighted by molar-refractivity contribution is 9.10. The first kappa shape index (κ1) is 16.3. The Bertz CT molecular complexity index is 909. The van der Waals surface area contributed by atoms with E-state index in [4.69, 9.17) is 4.74 Å². The third-order valence-electron chi connectivity index (χ3n) is 3.62. The number of ether oxygens (including phenoxy) is 1. The van der Waals surface area contributed by atoms with E-state index < -0.39 is 6.23 Å². The molecule has 126 valence electrons. The monoisotopic (exact) mass is 415 g/mol. The Morgan fingerprint density at radius 2 is 2.16 bits per heavy atom. The first-order valence-electron chi connectivity index (χ1n) is 7.76. The number of aromatic nitrogens is 4. The predicted octanol–water partition coefficient (Wildman–Crippen LogP) is 4.31. The molecule has 0 fully saturated rings. The van der Waals surface area contributed by atoms with Crippen molar-refractivity contribution >= 4 is 33.4 Å². The molecule has 3 heterocycles. The minimum absolute atomic E-state index is 0.450. The van der Waals surface area contributed by atoms with Gasteiger partial charge in [0.25, 0.3) is 0 Å². The van der Waals surface area contributed by atoms with Gasteiger partial charge in [0.15, 0.2) is 5.69 Å². The van der Waals surface area contributed by atoms with Crippen molar-refractivity contribution in [1.29, 1.82) is 0 Å². The first-order chi connectivity index (χ1) is 12.2. The zero-order valence-electron chi connectivity index (χ0n) is 13.3. The zero-order chi connectivity index (χ0) is 17.2. The van der Waals surface area contributed by atoms with Crippen LogP contribution in [-0.4, -0.2) is 25.9 Å². The quantitative estimate of drug-likeness (QED) is 0.638. The Morgan fingerprint density at radius 1 is 1.24 bits per heavy atom. The molecule has 1 aliphatic heterocycles. The molecular weight excluding hydrogens is 402 g/mol. The van der Waals surface area contributed by atoms with Crippen LogP contribution in [0, 0.1) is 0 Å². The van der Waals surface area contributed by atoms with Crippen molar-refractivity contribution in [1.82, 2.24) is 20.2 Å². The van der Waals surface area contributed by atoms with Crippen LogP contribution < -0.4 is 10.1 Å². The minimum atomic E-state index is -0.460. The van der Waals surface area contributed by atoms with Crippen LogP contribution in [0.3, 0.4) is 0 Å². The molecule has 2 aromatic heterocycles. The van der Waals surface area contributed by atoms with Crippen molar-refractivity contribution in [2.75, 3.05) is 11.1 Å². The van der Waals surface area contributed by atoms with Gasteiger partial charge in [-0.3, -0.25) is 4.98 Å². The normalized spacial score (nSPS) is 15.4. The summed E-state index contributed by atoms with van der Waals surface area (Å²) < 4.78 is 7.08. The summed E-state index contributed by atoms with van der Waals surface area (Å²) in [6, 6.07) is 11.6. The van der Waals surface area contributed by atoms with Crippen molar-refractivity contribution in [2.45, 2.75) is 18.3 Å². The summed E-state index contributed by atoms with van der Waals surface area (Å²) >= 11 is 5.04. The third kappa shape index (κ3) is 3.32. The van der Waals surface area contributed by atoms with Crippen molar-refractivity contribution < 1.29 is 4.74 Å². The minimum Gasteiger partial charge on any atom is -0.446 e. The number of benzene rings is 1. The Balaban J connectivity index is 1.86. The summed E-state index contributed by atoms with van der Waals surface area (Å²) in [4.78, 5) is 8.95. The summed E-state index contributed by atoms with van der Waals surface area (Å²) in [5.41, 5.74) is 3.16. The number of fused-ring (bicyclic) bond motifs is 3. The second-order valence-electron chi connectivity index (χ2n) is 5.27. The molecule has 3 aromatic rings. The largest absolute Gasteiger partial charge is 0.446 e. The smallest absolute Gasteiger partial charge is 0.247 e. The lowest BCUT2D eigenvalue weighted by Crippen LogP contribution is -2.18. The maximum Gasteiger partial charge on any atom is 0.247 e. The molecule has 1 N–H and O–H groups in total. The lowest BCUT2D eigenvalue weighted by atomic mass is 10.1. The summed E-state index contributed by atoms with van der Waals surface area (Å²) in [5, 5.41) is 12.6. The average molecular weight is 416 g/mol. The van der Waals surface area contributed by atoms with Gasteiger partial charge in [-0.2, -0.15) is 4.98 Å². The molecule has 4 rings (SSSR count). The van der Waals surface area contributed by atoms with E-state index in [1.807, 2.05) is 43.3 Å². The van der Waals surface area contributed by atoms with Crippen LogP contribution in [0.15, 0.2) is 52.2 Å². The standard InChI is InChI=1S/C17H14BrN5OS/c1-2-25-17-21-16-14(22-23-17)11-9-10(18)6-7-12(11)20-15(24-16)13-5-3-4-8-19-13/h3-9,15,20H,2H2,1H3/t15-/m0/s1. The summed E-state index contributed by atoms with van der Waals surface area (Å²) in [6.07, 6.45) is 1.28. The molecule has 8 heteroatoms. The van der Waals surface area contributed by atoms with E-state index in [1.165, 1.54) is 11.8 Å². The number of nitrogens with one attached hydrogen (secondary N) is 1. The molecule has 0 aliphatic carbocycles. The highest BCUT2D eigenvalue weighted by Gasteiger charge is 2.26. The van der Waals surface area contributed by atoms with Crippen LogP contribution in [0.25, 0.3) is 11.3 Å². The number of pyridine rings is 1. The van der Waals surface area contributed by atoms with Crippen LogP contribution in [0.1, 0.15) is 18.8 Å². The number of anilines is 1. The molecule has 0 spiro atoms. The van der Waals surface area contributed by atoms with Crippen LogP contribution >= 0.6 is 27.7 Å². The van der Waals surface area contributed by atoms with Gasteiger partial charge in [0.05, 0.1) is 0 Å². The van der Waals surface area contributed by atoms with E-state index >= 15 is 0 Å². The van der Waals surface area contributed by atoms with Gasteiger partial charge < -0.3 is 10.1 Å². The Hall–Kier alpha value is -2.19. The van der Waals surface area contributed by atoms with E-state index in [2.05, 4.69) is 41.4 Å². The maximum absolute atomic E-state index is 6.14. The second kappa shape index (κ2) is 6.97. The van der Waals surface area contributed by atoms with E-state index in [0.29, 0.717) is 16.7 Å². The maximum atomic E-state index is 6.14. The van der Waals surface area contributed by atoms with Gasteiger partial charge in [-0.05, 0) is 36.1 Å². The van der Waals surface area contributed by atoms with Gasteiger partial charge in [-0.15, -0.1) is 10.2 Å².